The molecule has 0 aromatic carbocycles. The monoisotopic (exact) mass is 308 g/mol. The Morgan fingerprint density at radius 3 is 2.82 bits per heavy atom. The molecule has 0 radical (unpaired) electrons. The molecule has 0 amide bonds. The first-order valence-electron chi connectivity index (χ1n) is 6.92. The maximum atomic E-state index is 12.9. The van der Waals surface area contributed by atoms with Crippen molar-refractivity contribution in [3.63, 3.8) is 0 Å². The first-order valence-corrected chi connectivity index (χ1v) is 6.92. The average Bonchev–Trinajstić information content (AvgIpc) is 2.88. The summed E-state index contributed by atoms with van der Waals surface area (Å²) in [6.07, 6.45) is 3.20. The average molecular weight is 308 g/mol. The van der Waals surface area contributed by atoms with E-state index in [1.807, 2.05) is 13.8 Å². The van der Waals surface area contributed by atoms with Crippen LogP contribution < -0.4 is 0 Å². The smallest absolute Gasteiger partial charge is 0.316 e. The molecule has 22 heavy (non-hydrogen) atoms. The van der Waals surface area contributed by atoms with Gasteiger partial charge in [-0.1, -0.05) is 0 Å². The van der Waals surface area contributed by atoms with E-state index in [1.165, 1.54) is 23.0 Å². The molecule has 0 aliphatic heterocycles. The van der Waals surface area contributed by atoms with E-state index in [0.29, 0.717) is 19.6 Å². The number of aryl methyl sites for hydroxylation is 1. The third kappa shape index (κ3) is 4.08. The molecule has 2 aromatic rings. The summed E-state index contributed by atoms with van der Waals surface area (Å²) in [5.41, 5.74) is 0.254. The van der Waals surface area contributed by atoms with Gasteiger partial charge >= 0.3 is 5.69 Å². The molecule has 0 aliphatic rings. The van der Waals surface area contributed by atoms with E-state index >= 15 is 0 Å². The van der Waals surface area contributed by atoms with Crippen LogP contribution in [0.2, 0.25) is 0 Å². The van der Waals surface area contributed by atoms with Crippen molar-refractivity contribution >= 4 is 5.69 Å². The van der Waals surface area contributed by atoms with Gasteiger partial charge in [-0.3, -0.25) is 19.8 Å². The standard InChI is InChI=1S/C14H17FN4O3/c1-10(2)22-7-3-6-18-9-13(19(20)21)14(17-18)12-5-4-11(15)8-16-12/h4-5,8-10H,3,6-7H2,1-2H3. The molecule has 8 heteroatoms. The van der Waals surface area contributed by atoms with Gasteiger partial charge in [0.1, 0.15) is 12.0 Å². The van der Waals surface area contributed by atoms with Gasteiger partial charge in [0.2, 0.25) is 0 Å². The molecular formula is C14H17FN4O3. The van der Waals surface area contributed by atoms with Crippen molar-refractivity contribution in [2.24, 2.45) is 0 Å². The van der Waals surface area contributed by atoms with E-state index in [2.05, 4.69) is 10.1 Å². The van der Waals surface area contributed by atoms with Crippen LogP contribution in [0.1, 0.15) is 20.3 Å². The third-order valence-corrected chi connectivity index (χ3v) is 2.89. The minimum absolute atomic E-state index is 0.134. The van der Waals surface area contributed by atoms with E-state index in [9.17, 15) is 14.5 Å². The van der Waals surface area contributed by atoms with Gasteiger partial charge in [0, 0.05) is 13.2 Å². The van der Waals surface area contributed by atoms with Crippen LogP contribution in [0.4, 0.5) is 10.1 Å². The Balaban J connectivity index is 2.15. The predicted molar refractivity (Wildman–Crippen MR) is 77.8 cm³/mol. The van der Waals surface area contributed by atoms with Crippen molar-refractivity contribution in [2.75, 3.05) is 6.61 Å². The molecule has 2 aromatic heterocycles. The van der Waals surface area contributed by atoms with Gasteiger partial charge in [-0.15, -0.1) is 0 Å². The third-order valence-electron chi connectivity index (χ3n) is 2.89. The molecule has 0 unspecified atom stereocenters. The van der Waals surface area contributed by atoms with Crippen molar-refractivity contribution in [3.05, 3.63) is 40.5 Å². The fraction of sp³-hybridized carbons (Fsp3) is 0.429. The highest BCUT2D eigenvalue weighted by atomic mass is 19.1. The van der Waals surface area contributed by atoms with E-state index in [4.69, 9.17) is 4.74 Å². The number of pyridine rings is 1. The summed E-state index contributed by atoms with van der Waals surface area (Å²) in [6, 6.07) is 2.57. The van der Waals surface area contributed by atoms with Gasteiger partial charge in [0.05, 0.1) is 22.9 Å². The first-order chi connectivity index (χ1) is 10.5. The highest BCUT2D eigenvalue weighted by molar-refractivity contribution is 5.65. The summed E-state index contributed by atoms with van der Waals surface area (Å²) >= 11 is 0. The minimum Gasteiger partial charge on any atom is -0.379 e. The van der Waals surface area contributed by atoms with Crippen LogP contribution in [-0.4, -0.2) is 32.4 Å². The van der Waals surface area contributed by atoms with Gasteiger partial charge in [-0.25, -0.2) is 4.39 Å². The van der Waals surface area contributed by atoms with Crippen LogP contribution >= 0.6 is 0 Å². The maximum absolute atomic E-state index is 12.9. The lowest BCUT2D eigenvalue weighted by molar-refractivity contribution is -0.384. The number of aromatic nitrogens is 3. The largest absolute Gasteiger partial charge is 0.379 e. The Labute approximate surface area is 126 Å². The van der Waals surface area contributed by atoms with Crippen molar-refractivity contribution in [2.45, 2.75) is 32.9 Å². The Morgan fingerprint density at radius 2 is 2.23 bits per heavy atom. The highest BCUT2D eigenvalue weighted by Gasteiger charge is 2.21. The van der Waals surface area contributed by atoms with Crippen molar-refractivity contribution < 1.29 is 14.1 Å². The Kier molecular flexibility index (Phi) is 5.16. The maximum Gasteiger partial charge on any atom is 0.316 e. The molecule has 0 N–H and O–H groups in total. The van der Waals surface area contributed by atoms with Crippen LogP contribution in [0.3, 0.4) is 0 Å². The molecule has 0 saturated carbocycles. The number of ether oxygens (including phenoxy) is 1. The predicted octanol–water partition coefficient (Wildman–Crippen LogP) is 2.81. The normalized spacial score (nSPS) is 11.1. The molecule has 2 heterocycles. The zero-order chi connectivity index (χ0) is 16.1. The molecule has 0 saturated heterocycles. The summed E-state index contributed by atoms with van der Waals surface area (Å²) < 4.78 is 19.8. The topological polar surface area (TPSA) is 83.1 Å². The molecular weight excluding hydrogens is 291 g/mol. The number of hydrogen-bond donors (Lipinski definition) is 0. The lowest BCUT2D eigenvalue weighted by Crippen LogP contribution is -2.07. The zero-order valence-corrected chi connectivity index (χ0v) is 12.4. The second-order valence-electron chi connectivity index (χ2n) is 5.02. The zero-order valence-electron chi connectivity index (χ0n) is 12.4. The summed E-state index contributed by atoms with van der Waals surface area (Å²) in [6.45, 7) is 4.93. The molecule has 0 fully saturated rings. The quantitative estimate of drug-likeness (QED) is 0.446. The molecule has 2 rings (SSSR count). The van der Waals surface area contributed by atoms with Gasteiger partial charge in [0.15, 0.2) is 5.69 Å². The van der Waals surface area contributed by atoms with E-state index in [-0.39, 0.29) is 23.2 Å². The van der Waals surface area contributed by atoms with Crippen molar-refractivity contribution in [3.8, 4) is 11.4 Å². The van der Waals surface area contributed by atoms with Gasteiger partial charge in [-0.05, 0) is 32.4 Å². The molecule has 0 spiro atoms. The van der Waals surface area contributed by atoms with Crippen LogP contribution in [0.25, 0.3) is 11.4 Å². The van der Waals surface area contributed by atoms with Crippen LogP contribution in [0, 0.1) is 15.9 Å². The van der Waals surface area contributed by atoms with E-state index in [0.717, 1.165) is 6.20 Å². The van der Waals surface area contributed by atoms with E-state index in [1.54, 1.807) is 0 Å². The summed E-state index contributed by atoms with van der Waals surface area (Å²) in [4.78, 5) is 14.4. The molecule has 0 atom stereocenters. The number of hydrogen-bond acceptors (Lipinski definition) is 5. The summed E-state index contributed by atoms with van der Waals surface area (Å²) in [5.74, 6) is -0.503. The van der Waals surface area contributed by atoms with E-state index < -0.39 is 10.7 Å². The Hall–Kier alpha value is -2.35. The number of nitrogens with zero attached hydrogens (tertiary/aromatic N) is 4. The summed E-state index contributed by atoms with van der Waals surface area (Å²) in [5, 5.41) is 15.3. The SMILES string of the molecule is CC(C)OCCCn1cc([N+](=O)[O-])c(-c2ccc(F)cn2)n1. The molecule has 7 nitrogen and oxygen atoms in total. The molecule has 0 bridgehead atoms. The van der Waals surface area contributed by atoms with Gasteiger partial charge in [-0.2, -0.15) is 5.10 Å². The van der Waals surface area contributed by atoms with Crippen LogP contribution in [-0.2, 0) is 11.3 Å². The van der Waals surface area contributed by atoms with Crippen LogP contribution in [0.5, 0.6) is 0 Å². The number of rotatable bonds is 7. The van der Waals surface area contributed by atoms with Crippen molar-refractivity contribution in [1.29, 1.82) is 0 Å². The van der Waals surface area contributed by atoms with Gasteiger partial charge < -0.3 is 4.74 Å². The lowest BCUT2D eigenvalue weighted by atomic mass is 10.2. The lowest BCUT2D eigenvalue weighted by Gasteiger charge is -2.06. The van der Waals surface area contributed by atoms with Crippen molar-refractivity contribution in [1.82, 2.24) is 14.8 Å². The second kappa shape index (κ2) is 7.08. The number of nitro groups is 1. The van der Waals surface area contributed by atoms with Gasteiger partial charge in [0.25, 0.3) is 0 Å². The van der Waals surface area contributed by atoms with Crippen LogP contribution in [0.15, 0.2) is 24.5 Å². The number of halogens is 1. The minimum atomic E-state index is -0.519. The molecule has 118 valence electrons. The highest BCUT2D eigenvalue weighted by Crippen LogP contribution is 2.26. The second-order valence-corrected chi connectivity index (χ2v) is 5.02. The fourth-order valence-electron chi connectivity index (χ4n) is 1.90. The Morgan fingerprint density at radius 1 is 1.45 bits per heavy atom. The summed E-state index contributed by atoms with van der Waals surface area (Å²) in [7, 11) is 0. The first kappa shape index (κ1) is 16.0. The molecule has 0 aliphatic carbocycles. The Bertz CT molecular complexity index is 640. The fourth-order valence-corrected chi connectivity index (χ4v) is 1.90.